The van der Waals surface area contributed by atoms with Crippen molar-refractivity contribution in [1.82, 2.24) is 19.5 Å². The van der Waals surface area contributed by atoms with Crippen molar-refractivity contribution < 1.29 is 9.53 Å². The lowest BCUT2D eigenvalue weighted by molar-refractivity contribution is 0.101. The number of ether oxygens (including phenoxy) is 1. The number of fused-ring (bicyclic) bond motifs is 1. The van der Waals surface area contributed by atoms with Crippen LogP contribution in [0.4, 0.5) is 17.5 Å². The number of Topliss-reactive ketones (excluding diaryl/α,β-unsaturated/α-hetero) is 1. The molecule has 0 aromatic carbocycles. The molecule has 166 valence electrons. The number of hydrogen-bond donors (Lipinski definition) is 1. The highest BCUT2D eigenvalue weighted by Crippen LogP contribution is 2.31. The van der Waals surface area contributed by atoms with E-state index < -0.39 is 0 Å². The molecule has 0 radical (unpaired) electrons. The third-order valence-corrected chi connectivity index (χ3v) is 6.21. The number of carbonyl (C=O) groups excluding carboxylic acids is 1. The summed E-state index contributed by atoms with van der Waals surface area (Å²) in [6.07, 6.45) is 7.44. The van der Waals surface area contributed by atoms with Crippen molar-refractivity contribution in [3.63, 3.8) is 0 Å². The van der Waals surface area contributed by atoms with Crippen LogP contribution >= 0.6 is 0 Å². The molecular formula is C23H26N6O3. The molecular weight excluding hydrogens is 408 g/mol. The van der Waals surface area contributed by atoms with Crippen molar-refractivity contribution in [3.05, 3.63) is 46.5 Å². The van der Waals surface area contributed by atoms with Crippen LogP contribution in [-0.2, 0) is 4.74 Å². The van der Waals surface area contributed by atoms with Crippen LogP contribution in [0.5, 0.6) is 0 Å². The predicted molar refractivity (Wildman–Crippen MR) is 122 cm³/mol. The van der Waals surface area contributed by atoms with E-state index in [4.69, 9.17) is 4.74 Å². The van der Waals surface area contributed by atoms with Gasteiger partial charge in [-0.1, -0.05) is 12.8 Å². The van der Waals surface area contributed by atoms with Gasteiger partial charge in [-0.15, -0.1) is 0 Å². The van der Waals surface area contributed by atoms with E-state index in [1.807, 2.05) is 18.3 Å². The smallest absolute Gasteiger partial charge is 0.263 e. The number of ketones is 1. The van der Waals surface area contributed by atoms with Crippen LogP contribution in [0, 0.1) is 0 Å². The lowest BCUT2D eigenvalue weighted by Crippen LogP contribution is -2.36. The molecule has 2 fully saturated rings. The van der Waals surface area contributed by atoms with Crippen molar-refractivity contribution in [2.75, 3.05) is 36.5 Å². The van der Waals surface area contributed by atoms with Crippen molar-refractivity contribution in [2.45, 2.75) is 38.6 Å². The first-order valence-corrected chi connectivity index (χ1v) is 11.1. The molecule has 0 unspecified atom stereocenters. The second-order valence-corrected chi connectivity index (χ2v) is 8.33. The number of nitrogens with zero attached hydrogens (tertiary/aromatic N) is 5. The van der Waals surface area contributed by atoms with Gasteiger partial charge in [0.1, 0.15) is 11.5 Å². The first-order chi connectivity index (χ1) is 15.6. The van der Waals surface area contributed by atoms with Gasteiger partial charge >= 0.3 is 0 Å². The molecule has 0 bridgehead atoms. The third kappa shape index (κ3) is 3.95. The summed E-state index contributed by atoms with van der Waals surface area (Å²) in [4.78, 5) is 40.9. The fraction of sp³-hybridized carbons (Fsp3) is 0.435. The summed E-state index contributed by atoms with van der Waals surface area (Å²) in [7, 11) is 0. The highest BCUT2D eigenvalue weighted by atomic mass is 16.5. The Hall–Kier alpha value is -3.33. The molecule has 0 amide bonds. The van der Waals surface area contributed by atoms with E-state index >= 15 is 0 Å². The minimum atomic E-state index is -0.269. The zero-order valence-corrected chi connectivity index (χ0v) is 18.1. The van der Waals surface area contributed by atoms with E-state index in [1.165, 1.54) is 6.92 Å². The molecule has 0 spiro atoms. The zero-order valence-electron chi connectivity index (χ0n) is 18.1. The van der Waals surface area contributed by atoms with Gasteiger partial charge in [-0.25, -0.2) is 9.97 Å². The second-order valence-electron chi connectivity index (χ2n) is 8.33. The number of anilines is 3. The fourth-order valence-corrected chi connectivity index (χ4v) is 4.52. The highest BCUT2D eigenvalue weighted by Gasteiger charge is 2.24. The van der Waals surface area contributed by atoms with Crippen molar-refractivity contribution in [1.29, 1.82) is 0 Å². The Kier molecular flexibility index (Phi) is 5.57. The summed E-state index contributed by atoms with van der Waals surface area (Å²) in [5.74, 6) is 0.748. The zero-order chi connectivity index (χ0) is 22.1. The number of pyridine rings is 2. The summed E-state index contributed by atoms with van der Waals surface area (Å²) < 4.78 is 7.10. The van der Waals surface area contributed by atoms with Gasteiger partial charge < -0.3 is 15.0 Å². The topological polar surface area (TPSA) is 102 Å². The van der Waals surface area contributed by atoms with Gasteiger partial charge in [-0.2, -0.15) is 4.98 Å². The Bertz CT molecular complexity index is 1190. The summed E-state index contributed by atoms with van der Waals surface area (Å²) in [6.45, 7) is 4.56. The van der Waals surface area contributed by atoms with Crippen LogP contribution < -0.4 is 15.8 Å². The van der Waals surface area contributed by atoms with E-state index in [0.717, 1.165) is 57.7 Å². The minimum Gasteiger partial charge on any atom is -0.378 e. The second kappa shape index (κ2) is 8.66. The highest BCUT2D eigenvalue weighted by molar-refractivity contribution is 5.96. The average Bonchev–Trinajstić information content (AvgIpc) is 3.34. The number of rotatable bonds is 5. The van der Waals surface area contributed by atoms with E-state index in [1.54, 1.807) is 16.8 Å². The maximum absolute atomic E-state index is 13.1. The fourth-order valence-electron chi connectivity index (χ4n) is 4.52. The van der Waals surface area contributed by atoms with Gasteiger partial charge in [0.15, 0.2) is 5.78 Å². The molecule has 9 nitrogen and oxygen atoms in total. The molecule has 3 aromatic heterocycles. The summed E-state index contributed by atoms with van der Waals surface area (Å²) in [5.41, 5.74) is 1.52. The molecule has 32 heavy (non-hydrogen) atoms. The monoisotopic (exact) mass is 434 g/mol. The summed E-state index contributed by atoms with van der Waals surface area (Å²) in [6, 6.07) is 5.55. The standard InChI is InChI=1S/C23H26N6O3/c1-15(30)19-12-16-13-25-23(27-21(16)29(22(19)31)17-4-2-3-5-17)26-20-7-6-18(14-24-20)28-8-10-32-11-9-28/h6-7,12-14,17H,2-5,8-11H2,1H3,(H,24,25,26,27). The van der Waals surface area contributed by atoms with Crippen LogP contribution in [-0.4, -0.2) is 51.6 Å². The number of morpholine rings is 1. The third-order valence-electron chi connectivity index (χ3n) is 6.21. The van der Waals surface area contributed by atoms with Crippen molar-refractivity contribution in [3.8, 4) is 0 Å². The van der Waals surface area contributed by atoms with Crippen LogP contribution in [0.1, 0.15) is 49.0 Å². The molecule has 5 rings (SSSR count). The SMILES string of the molecule is CC(=O)c1cc2cnc(Nc3ccc(N4CCOCC4)cn3)nc2n(C2CCCC2)c1=O. The molecule has 1 aliphatic heterocycles. The van der Waals surface area contributed by atoms with Gasteiger partial charge in [0, 0.05) is 30.7 Å². The molecule has 4 heterocycles. The van der Waals surface area contributed by atoms with E-state index in [9.17, 15) is 9.59 Å². The Morgan fingerprint density at radius 2 is 1.91 bits per heavy atom. The van der Waals surface area contributed by atoms with Gasteiger partial charge in [-0.3, -0.25) is 14.2 Å². The van der Waals surface area contributed by atoms with Crippen molar-refractivity contribution >= 4 is 34.3 Å². The number of aromatic nitrogens is 4. The summed E-state index contributed by atoms with van der Waals surface area (Å²) >= 11 is 0. The van der Waals surface area contributed by atoms with Gasteiger partial charge in [0.05, 0.1) is 30.7 Å². The normalized spacial score (nSPS) is 17.1. The minimum absolute atomic E-state index is 0.0537. The molecule has 9 heteroatoms. The number of carbonyl (C=O) groups is 1. The molecule has 1 saturated carbocycles. The number of nitrogens with one attached hydrogen (secondary N) is 1. The van der Waals surface area contributed by atoms with Crippen LogP contribution in [0.15, 0.2) is 35.4 Å². The molecule has 0 atom stereocenters. The Labute approximate surface area is 185 Å². The van der Waals surface area contributed by atoms with Crippen molar-refractivity contribution in [2.24, 2.45) is 0 Å². The van der Waals surface area contributed by atoms with Crippen LogP contribution in [0.25, 0.3) is 11.0 Å². The van der Waals surface area contributed by atoms with E-state index in [-0.39, 0.29) is 22.9 Å². The molecule has 1 saturated heterocycles. The van der Waals surface area contributed by atoms with E-state index in [0.29, 0.717) is 22.8 Å². The number of hydrogen-bond acceptors (Lipinski definition) is 8. The molecule has 3 aromatic rings. The molecule has 2 aliphatic rings. The maximum Gasteiger partial charge on any atom is 0.263 e. The largest absolute Gasteiger partial charge is 0.378 e. The molecule has 1 N–H and O–H groups in total. The Morgan fingerprint density at radius 1 is 1.12 bits per heavy atom. The maximum atomic E-state index is 13.1. The summed E-state index contributed by atoms with van der Waals surface area (Å²) in [5, 5.41) is 3.83. The van der Waals surface area contributed by atoms with Gasteiger partial charge in [0.25, 0.3) is 5.56 Å². The first kappa shape index (κ1) is 20.6. The van der Waals surface area contributed by atoms with Crippen LogP contribution in [0.2, 0.25) is 0 Å². The Morgan fingerprint density at radius 3 is 2.59 bits per heavy atom. The average molecular weight is 435 g/mol. The van der Waals surface area contributed by atoms with Gasteiger partial charge in [-0.05, 0) is 38.0 Å². The van der Waals surface area contributed by atoms with Crippen LogP contribution in [0.3, 0.4) is 0 Å². The molecule has 1 aliphatic carbocycles. The quantitative estimate of drug-likeness (QED) is 0.611. The predicted octanol–water partition coefficient (Wildman–Crippen LogP) is 3.08. The lowest BCUT2D eigenvalue weighted by Gasteiger charge is -2.28. The lowest BCUT2D eigenvalue weighted by atomic mass is 10.1. The first-order valence-electron chi connectivity index (χ1n) is 11.1. The Balaban J connectivity index is 1.47. The van der Waals surface area contributed by atoms with Gasteiger partial charge in [0.2, 0.25) is 5.95 Å². The van der Waals surface area contributed by atoms with E-state index in [2.05, 4.69) is 25.2 Å².